The van der Waals surface area contributed by atoms with Crippen LogP contribution in [0.1, 0.15) is 13.3 Å². The highest BCUT2D eigenvalue weighted by Crippen LogP contribution is 2.29. The van der Waals surface area contributed by atoms with Crippen molar-refractivity contribution in [3.8, 4) is 17.1 Å². The summed E-state index contributed by atoms with van der Waals surface area (Å²) < 4.78 is 11.0. The topological polar surface area (TPSA) is 22.4 Å². The molecule has 0 aliphatic carbocycles. The molecule has 15 heavy (non-hydrogen) atoms. The van der Waals surface area contributed by atoms with E-state index >= 15 is 0 Å². The fourth-order valence-electron chi connectivity index (χ4n) is 1.44. The van der Waals surface area contributed by atoms with Crippen LogP contribution in [-0.2, 0) is 0 Å². The van der Waals surface area contributed by atoms with E-state index in [1.54, 1.807) is 6.26 Å². The normalized spacial score (nSPS) is 10.2. The highest BCUT2D eigenvalue weighted by Gasteiger charge is 2.06. The first-order valence-corrected chi connectivity index (χ1v) is 5.17. The van der Waals surface area contributed by atoms with Gasteiger partial charge in [0.1, 0.15) is 11.5 Å². The number of hydrogen-bond donors (Lipinski definition) is 0. The molecule has 0 bridgehead atoms. The van der Waals surface area contributed by atoms with Crippen LogP contribution in [0.4, 0.5) is 0 Å². The first-order chi connectivity index (χ1) is 7.42. The van der Waals surface area contributed by atoms with Gasteiger partial charge in [-0.1, -0.05) is 19.1 Å². The number of para-hydroxylation sites is 1. The summed E-state index contributed by atoms with van der Waals surface area (Å²) >= 11 is 0. The van der Waals surface area contributed by atoms with E-state index in [1.807, 2.05) is 36.4 Å². The SMILES string of the molecule is CCCOc1ccccc1-c1ccco1. The van der Waals surface area contributed by atoms with Crippen molar-refractivity contribution >= 4 is 0 Å². The molecule has 0 atom stereocenters. The summed E-state index contributed by atoms with van der Waals surface area (Å²) in [6, 6.07) is 11.7. The zero-order valence-electron chi connectivity index (χ0n) is 8.77. The van der Waals surface area contributed by atoms with Gasteiger partial charge in [0.25, 0.3) is 0 Å². The van der Waals surface area contributed by atoms with E-state index < -0.39 is 0 Å². The highest BCUT2D eigenvalue weighted by atomic mass is 16.5. The van der Waals surface area contributed by atoms with Crippen molar-refractivity contribution in [1.29, 1.82) is 0 Å². The maximum Gasteiger partial charge on any atom is 0.137 e. The standard InChI is InChI=1S/C13H14O2/c1-2-9-14-12-7-4-3-6-11(12)13-8-5-10-15-13/h3-8,10H,2,9H2,1H3. The molecule has 1 aromatic heterocycles. The first kappa shape index (κ1) is 9.84. The summed E-state index contributed by atoms with van der Waals surface area (Å²) in [6.45, 7) is 2.83. The van der Waals surface area contributed by atoms with Gasteiger partial charge in [0.15, 0.2) is 0 Å². The molecule has 2 rings (SSSR count). The monoisotopic (exact) mass is 202 g/mol. The van der Waals surface area contributed by atoms with Crippen LogP contribution in [0.25, 0.3) is 11.3 Å². The maximum absolute atomic E-state index is 5.65. The third kappa shape index (κ3) is 2.21. The van der Waals surface area contributed by atoms with Crippen LogP contribution in [0.3, 0.4) is 0 Å². The molecular formula is C13H14O2. The zero-order valence-corrected chi connectivity index (χ0v) is 8.77. The lowest BCUT2D eigenvalue weighted by Gasteiger charge is -2.08. The van der Waals surface area contributed by atoms with Gasteiger partial charge < -0.3 is 9.15 Å². The van der Waals surface area contributed by atoms with Crippen molar-refractivity contribution in [2.45, 2.75) is 13.3 Å². The van der Waals surface area contributed by atoms with Crippen LogP contribution in [-0.4, -0.2) is 6.61 Å². The van der Waals surface area contributed by atoms with Crippen molar-refractivity contribution in [3.63, 3.8) is 0 Å². The molecule has 78 valence electrons. The summed E-state index contributed by atoms with van der Waals surface area (Å²) in [4.78, 5) is 0. The van der Waals surface area contributed by atoms with E-state index in [-0.39, 0.29) is 0 Å². The van der Waals surface area contributed by atoms with Crippen molar-refractivity contribution < 1.29 is 9.15 Å². The molecule has 0 aliphatic heterocycles. The van der Waals surface area contributed by atoms with Crippen molar-refractivity contribution in [3.05, 3.63) is 42.7 Å². The van der Waals surface area contributed by atoms with E-state index in [9.17, 15) is 0 Å². The Morgan fingerprint density at radius 2 is 2.00 bits per heavy atom. The summed E-state index contributed by atoms with van der Waals surface area (Å²) in [5, 5.41) is 0. The van der Waals surface area contributed by atoms with E-state index in [2.05, 4.69) is 6.92 Å². The second kappa shape index (κ2) is 4.69. The lowest BCUT2D eigenvalue weighted by molar-refractivity contribution is 0.318. The quantitative estimate of drug-likeness (QED) is 0.753. The minimum atomic E-state index is 0.734. The van der Waals surface area contributed by atoms with Crippen LogP contribution >= 0.6 is 0 Å². The Morgan fingerprint density at radius 3 is 2.73 bits per heavy atom. The Labute approximate surface area is 89.5 Å². The van der Waals surface area contributed by atoms with Crippen molar-refractivity contribution in [2.75, 3.05) is 6.61 Å². The van der Waals surface area contributed by atoms with Gasteiger partial charge in [-0.25, -0.2) is 0 Å². The van der Waals surface area contributed by atoms with Gasteiger partial charge in [-0.05, 0) is 30.7 Å². The molecule has 2 aromatic rings. The van der Waals surface area contributed by atoms with Gasteiger partial charge in [0, 0.05) is 0 Å². The Hall–Kier alpha value is -1.70. The van der Waals surface area contributed by atoms with Gasteiger partial charge >= 0.3 is 0 Å². The largest absolute Gasteiger partial charge is 0.493 e. The molecule has 0 fully saturated rings. The summed E-state index contributed by atoms with van der Waals surface area (Å²) in [5.41, 5.74) is 1.01. The third-order valence-corrected chi connectivity index (χ3v) is 2.14. The minimum absolute atomic E-state index is 0.734. The summed E-state index contributed by atoms with van der Waals surface area (Å²) in [5.74, 6) is 1.73. The Bertz CT molecular complexity index is 404. The number of benzene rings is 1. The van der Waals surface area contributed by atoms with Crippen LogP contribution < -0.4 is 4.74 Å². The van der Waals surface area contributed by atoms with E-state index in [4.69, 9.17) is 9.15 Å². The van der Waals surface area contributed by atoms with E-state index in [0.29, 0.717) is 0 Å². The van der Waals surface area contributed by atoms with Crippen LogP contribution in [0.2, 0.25) is 0 Å². The van der Waals surface area contributed by atoms with Crippen molar-refractivity contribution in [1.82, 2.24) is 0 Å². The molecule has 0 saturated carbocycles. The Morgan fingerprint density at radius 1 is 1.13 bits per heavy atom. The third-order valence-electron chi connectivity index (χ3n) is 2.14. The predicted molar refractivity (Wildman–Crippen MR) is 59.9 cm³/mol. The molecule has 0 amide bonds. The molecule has 0 saturated heterocycles. The second-order valence-electron chi connectivity index (χ2n) is 3.32. The molecular weight excluding hydrogens is 188 g/mol. The molecule has 0 unspecified atom stereocenters. The molecule has 2 nitrogen and oxygen atoms in total. The Balaban J connectivity index is 2.30. The fourth-order valence-corrected chi connectivity index (χ4v) is 1.44. The summed E-state index contributed by atoms with van der Waals surface area (Å²) in [6.07, 6.45) is 2.68. The second-order valence-corrected chi connectivity index (χ2v) is 3.32. The van der Waals surface area contributed by atoms with Gasteiger partial charge in [-0.15, -0.1) is 0 Å². The first-order valence-electron chi connectivity index (χ1n) is 5.17. The molecule has 1 aromatic carbocycles. The van der Waals surface area contributed by atoms with Gasteiger partial charge in [-0.2, -0.15) is 0 Å². The van der Waals surface area contributed by atoms with E-state index in [0.717, 1.165) is 30.1 Å². The Kier molecular flexibility index (Phi) is 3.08. The fraction of sp³-hybridized carbons (Fsp3) is 0.231. The average molecular weight is 202 g/mol. The van der Waals surface area contributed by atoms with Gasteiger partial charge in [-0.3, -0.25) is 0 Å². The number of hydrogen-bond acceptors (Lipinski definition) is 2. The number of ether oxygens (including phenoxy) is 1. The molecule has 2 heteroatoms. The van der Waals surface area contributed by atoms with E-state index in [1.165, 1.54) is 0 Å². The minimum Gasteiger partial charge on any atom is -0.493 e. The van der Waals surface area contributed by atoms with Crippen LogP contribution in [0.15, 0.2) is 47.1 Å². The zero-order chi connectivity index (χ0) is 10.5. The maximum atomic E-state index is 5.65. The van der Waals surface area contributed by atoms with Gasteiger partial charge in [0.05, 0.1) is 18.4 Å². The van der Waals surface area contributed by atoms with Crippen LogP contribution in [0.5, 0.6) is 5.75 Å². The molecule has 0 aliphatic rings. The average Bonchev–Trinajstić information content (AvgIpc) is 2.80. The smallest absolute Gasteiger partial charge is 0.137 e. The molecule has 1 heterocycles. The highest BCUT2D eigenvalue weighted by molar-refractivity contribution is 5.65. The molecule has 0 spiro atoms. The summed E-state index contributed by atoms with van der Waals surface area (Å²) in [7, 11) is 0. The van der Waals surface area contributed by atoms with Crippen molar-refractivity contribution in [2.24, 2.45) is 0 Å². The lowest BCUT2D eigenvalue weighted by atomic mass is 10.1. The lowest BCUT2D eigenvalue weighted by Crippen LogP contribution is -1.96. The predicted octanol–water partition coefficient (Wildman–Crippen LogP) is 3.74. The molecule has 0 N–H and O–H groups in total. The number of furan rings is 1. The molecule has 0 radical (unpaired) electrons. The number of rotatable bonds is 4. The van der Waals surface area contributed by atoms with Crippen LogP contribution in [0, 0.1) is 0 Å². The van der Waals surface area contributed by atoms with Gasteiger partial charge in [0.2, 0.25) is 0 Å².